The van der Waals surface area contributed by atoms with Gasteiger partial charge in [0.15, 0.2) is 0 Å². The van der Waals surface area contributed by atoms with Crippen molar-refractivity contribution < 1.29 is 0 Å². The third-order valence-corrected chi connectivity index (χ3v) is 2.50. The molecule has 1 N–H and O–H groups in total. The maximum Gasteiger partial charge on any atom is 0.139 e. The number of rotatable bonds is 0. The molecule has 0 aliphatic heterocycles. The van der Waals surface area contributed by atoms with Gasteiger partial charge in [0.05, 0.1) is 0 Å². The summed E-state index contributed by atoms with van der Waals surface area (Å²) >= 11 is 3.43. The summed E-state index contributed by atoms with van der Waals surface area (Å²) in [5.74, 6) is 0. The molecule has 2 rings (SSSR count). The first-order chi connectivity index (χ1) is 5.70. The highest BCUT2D eigenvalue weighted by atomic mass is 79.9. The number of halogens is 1. The van der Waals surface area contributed by atoms with E-state index in [2.05, 4.69) is 39.1 Å². The molecule has 0 fully saturated rings. The molecule has 2 aromatic rings. The first kappa shape index (κ1) is 7.55. The molecule has 0 aliphatic carbocycles. The molecule has 60 valence electrons. The average molecular weight is 223 g/mol. The fourth-order valence-electron chi connectivity index (χ4n) is 1.19. The third kappa shape index (κ3) is 0.898. The smallest absolute Gasteiger partial charge is 0.139 e. The number of fused-ring (bicyclic) bond motifs is 1. The molecular formula is C9H7BrN2. The summed E-state index contributed by atoms with van der Waals surface area (Å²) in [6.45, 7) is 7.72. The Balaban J connectivity index is 3.18. The zero-order valence-corrected chi connectivity index (χ0v) is 7.98. The number of aromatic nitrogens is 2. The number of aromatic amines is 1. The summed E-state index contributed by atoms with van der Waals surface area (Å²) in [4.78, 5) is 7.21. The molecule has 0 bridgehead atoms. The van der Waals surface area contributed by atoms with Crippen molar-refractivity contribution in [2.45, 2.75) is 0 Å². The Morgan fingerprint density at radius 3 is 2.83 bits per heavy atom. The van der Waals surface area contributed by atoms with Gasteiger partial charge >= 0.3 is 0 Å². The first-order valence-corrected chi connectivity index (χ1v) is 4.29. The summed E-state index contributed by atoms with van der Waals surface area (Å²) in [5, 5.41) is 2.75. The molecule has 0 aliphatic rings. The zero-order valence-electron chi connectivity index (χ0n) is 6.39. The lowest BCUT2D eigenvalue weighted by Gasteiger charge is -1.90. The van der Waals surface area contributed by atoms with E-state index in [1.165, 1.54) is 0 Å². The maximum absolute atomic E-state index is 4.16. The number of nitrogens with zero attached hydrogens (tertiary/aromatic N) is 1. The van der Waals surface area contributed by atoms with E-state index in [0.717, 1.165) is 26.1 Å². The van der Waals surface area contributed by atoms with Crippen LogP contribution in [0.1, 0.15) is 0 Å². The fourth-order valence-corrected chi connectivity index (χ4v) is 1.73. The molecular weight excluding hydrogens is 216 g/mol. The Morgan fingerprint density at radius 2 is 2.17 bits per heavy atom. The SMILES string of the molecule is C=c1[nH]c2nccc(Br)c2c1=C. The van der Waals surface area contributed by atoms with E-state index in [0.29, 0.717) is 0 Å². The number of pyridine rings is 1. The van der Waals surface area contributed by atoms with Crippen LogP contribution < -0.4 is 10.6 Å². The van der Waals surface area contributed by atoms with Crippen LogP contribution in [0.3, 0.4) is 0 Å². The molecule has 0 atom stereocenters. The van der Waals surface area contributed by atoms with Crippen molar-refractivity contribution >= 4 is 40.1 Å². The van der Waals surface area contributed by atoms with Crippen molar-refractivity contribution in [3.63, 3.8) is 0 Å². The minimum Gasteiger partial charge on any atom is -0.340 e. The largest absolute Gasteiger partial charge is 0.340 e. The van der Waals surface area contributed by atoms with Gasteiger partial charge in [0, 0.05) is 26.6 Å². The predicted octanol–water partition coefficient (Wildman–Crippen LogP) is 1.15. The monoisotopic (exact) mass is 222 g/mol. The molecule has 0 saturated carbocycles. The van der Waals surface area contributed by atoms with Gasteiger partial charge < -0.3 is 4.98 Å². The topological polar surface area (TPSA) is 28.7 Å². The van der Waals surface area contributed by atoms with Crippen molar-refractivity contribution in [1.29, 1.82) is 0 Å². The summed E-state index contributed by atoms with van der Waals surface area (Å²) in [5.41, 5.74) is 0.833. The lowest BCUT2D eigenvalue weighted by molar-refractivity contribution is 1.29. The van der Waals surface area contributed by atoms with Crippen LogP contribution in [-0.2, 0) is 0 Å². The highest BCUT2D eigenvalue weighted by Crippen LogP contribution is 2.15. The van der Waals surface area contributed by atoms with Crippen molar-refractivity contribution in [3.8, 4) is 0 Å². The van der Waals surface area contributed by atoms with Gasteiger partial charge in [-0.1, -0.05) is 13.2 Å². The van der Waals surface area contributed by atoms with Crippen LogP contribution in [0.5, 0.6) is 0 Å². The summed E-state index contributed by atoms with van der Waals surface area (Å²) < 4.78 is 1.00. The van der Waals surface area contributed by atoms with Gasteiger partial charge in [0.25, 0.3) is 0 Å². The Bertz CT molecular complexity index is 527. The number of hydrogen-bond acceptors (Lipinski definition) is 1. The van der Waals surface area contributed by atoms with Crippen LogP contribution in [0.25, 0.3) is 24.2 Å². The van der Waals surface area contributed by atoms with Gasteiger partial charge in [-0.3, -0.25) is 0 Å². The van der Waals surface area contributed by atoms with Crippen molar-refractivity contribution in [2.24, 2.45) is 0 Å². The van der Waals surface area contributed by atoms with E-state index in [9.17, 15) is 0 Å². The second kappa shape index (κ2) is 2.45. The summed E-state index contributed by atoms with van der Waals surface area (Å²) in [6, 6.07) is 1.89. The molecule has 0 radical (unpaired) electrons. The molecule has 0 amide bonds. The highest BCUT2D eigenvalue weighted by Gasteiger charge is 2.01. The van der Waals surface area contributed by atoms with Gasteiger partial charge in [0.1, 0.15) is 5.65 Å². The van der Waals surface area contributed by atoms with Crippen LogP contribution in [0, 0.1) is 0 Å². The van der Waals surface area contributed by atoms with Crippen molar-refractivity contribution in [2.75, 3.05) is 0 Å². The quantitative estimate of drug-likeness (QED) is 0.712. The Morgan fingerprint density at radius 1 is 1.42 bits per heavy atom. The standard InChI is InChI=1S/C9H7BrN2/c1-5-6(2)12-9-8(5)7(10)3-4-11-9/h3-4H,1-2H2,(H,11,12). The molecule has 2 heterocycles. The molecule has 0 spiro atoms. The lowest BCUT2D eigenvalue weighted by Crippen LogP contribution is -2.18. The minimum absolute atomic E-state index is 0.824. The predicted molar refractivity (Wildman–Crippen MR) is 54.1 cm³/mol. The van der Waals surface area contributed by atoms with Crippen LogP contribution in [0.2, 0.25) is 0 Å². The van der Waals surface area contributed by atoms with Crippen molar-refractivity contribution in [3.05, 3.63) is 27.3 Å². The molecule has 0 aromatic carbocycles. The Kier molecular flexibility index (Phi) is 1.54. The van der Waals surface area contributed by atoms with Gasteiger partial charge in [-0.2, -0.15) is 0 Å². The van der Waals surface area contributed by atoms with Crippen LogP contribution >= 0.6 is 15.9 Å². The third-order valence-electron chi connectivity index (χ3n) is 1.84. The lowest BCUT2D eigenvalue weighted by atomic mass is 10.3. The normalized spacial score (nSPS) is 10.8. The van der Waals surface area contributed by atoms with E-state index in [1.54, 1.807) is 6.20 Å². The van der Waals surface area contributed by atoms with Gasteiger partial charge in [-0.25, -0.2) is 4.98 Å². The molecule has 12 heavy (non-hydrogen) atoms. The van der Waals surface area contributed by atoms with E-state index < -0.39 is 0 Å². The van der Waals surface area contributed by atoms with E-state index in [4.69, 9.17) is 0 Å². The van der Waals surface area contributed by atoms with Crippen LogP contribution in [-0.4, -0.2) is 9.97 Å². The Labute approximate surface area is 77.8 Å². The number of hydrogen-bond donors (Lipinski definition) is 1. The fraction of sp³-hybridized carbons (Fsp3) is 0. The minimum atomic E-state index is 0.824. The Hall–Kier alpha value is -1.09. The van der Waals surface area contributed by atoms with E-state index in [1.807, 2.05) is 6.07 Å². The van der Waals surface area contributed by atoms with Gasteiger partial charge in [0.2, 0.25) is 0 Å². The van der Waals surface area contributed by atoms with Gasteiger partial charge in [-0.15, -0.1) is 0 Å². The molecule has 3 heteroatoms. The second-order valence-electron chi connectivity index (χ2n) is 2.60. The molecule has 0 saturated heterocycles. The number of nitrogens with one attached hydrogen (secondary N) is 1. The zero-order chi connectivity index (χ0) is 8.72. The summed E-state index contributed by atoms with van der Waals surface area (Å²) in [7, 11) is 0. The van der Waals surface area contributed by atoms with Crippen LogP contribution in [0.15, 0.2) is 16.7 Å². The first-order valence-electron chi connectivity index (χ1n) is 3.50. The molecule has 2 nitrogen and oxygen atoms in total. The average Bonchev–Trinajstić information content (AvgIpc) is 2.29. The van der Waals surface area contributed by atoms with Gasteiger partial charge in [-0.05, 0) is 22.0 Å². The second-order valence-corrected chi connectivity index (χ2v) is 3.45. The van der Waals surface area contributed by atoms with E-state index in [-0.39, 0.29) is 0 Å². The molecule has 2 aromatic heterocycles. The number of H-pyrrole nitrogens is 1. The highest BCUT2D eigenvalue weighted by molar-refractivity contribution is 9.10. The van der Waals surface area contributed by atoms with Crippen LogP contribution in [0.4, 0.5) is 0 Å². The maximum atomic E-state index is 4.16. The summed E-state index contributed by atoms with van der Waals surface area (Å²) in [6.07, 6.45) is 1.74. The van der Waals surface area contributed by atoms with Crippen molar-refractivity contribution in [1.82, 2.24) is 9.97 Å². The molecule has 0 unspecified atom stereocenters. The van der Waals surface area contributed by atoms with E-state index >= 15 is 0 Å².